The van der Waals surface area contributed by atoms with Crippen molar-refractivity contribution in [2.75, 3.05) is 0 Å². The predicted molar refractivity (Wildman–Crippen MR) is 76.6 cm³/mol. The number of benzene rings is 1. The van der Waals surface area contributed by atoms with Gasteiger partial charge < -0.3 is 10.4 Å². The molecule has 0 spiro atoms. The van der Waals surface area contributed by atoms with Gasteiger partial charge in [0.1, 0.15) is 5.54 Å². The van der Waals surface area contributed by atoms with Crippen molar-refractivity contribution in [3.05, 3.63) is 35.4 Å². The Bertz CT molecular complexity index is 499. The highest BCUT2D eigenvalue weighted by Crippen LogP contribution is 2.32. The van der Waals surface area contributed by atoms with Gasteiger partial charge in [-0.15, -0.1) is 0 Å². The Hall–Kier alpha value is -1.84. The van der Waals surface area contributed by atoms with Crippen LogP contribution in [-0.2, 0) is 4.79 Å². The van der Waals surface area contributed by atoms with Crippen molar-refractivity contribution in [1.29, 1.82) is 0 Å². The lowest BCUT2D eigenvalue weighted by Gasteiger charge is -2.36. The number of amides is 1. The van der Waals surface area contributed by atoms with Crippen molar-refractivity contribution in [2.24, 2.45) is 5.92 Å². The second-order valence-electron chi connectivity index (χ2n) is 5.89. The molecule has 2 N–H and O–H groups in total. The first-order valence-electron chi connectivity index (χ1n) is 7.05. The van der Waals surface area contributed by atoms with Crippen molar-refractivity contribution >= 4 is 11.9 Å². The number of rotatable bonds is 3. The molecule has 0 bridgehead atoms. The van der Waals surface area contributed by atoms with Gasteiger partial charge in [-0.1, -0.05) is 24.6 Å². The minimum atomic E-state index is -1.10. The first-order valence-corrected chi connectivity index (χ1v) is 7.05. The van der Waals surface area contributed by atoms with E-state index in [4.69, 9.17) is 0 Å². The van der Waals surface area contributed by atoms with Crippen LogP contribution in [0.4, 0.5) is 0 Å². The monoisotopic (exact) mass is 275 g/mol. The highest BCUT2D eigenvalue weighted by molar-refractivity contribution is 5.97. The van der Waals surface area contributed by atoms with Crippen molar-refractivity contribution < 1.29 is 14.7 Å². The quantitative estimate of drug-likeness (QED) is 0.891. The molecule has 0 atom stereocenters. The minimum absolute atomic E-state index is 0.304. The van der Waals surface area contributed by atoms with E-state index in [-0.39, 0.29) is 5.91 Å². The maximum absolute atomic E-state index is 12.2. The van der Waals surface area contributed by atoms with Crippen LogP contribution in [0, 0.1) is 12.8 Å². The molecule has 20 heavy (non-hydrogen) atoms. The average molecular weight is 275 g/mol. The molecular formula is C16H21NO3. The molecule has 1 fully saturated rings. The van der Waals surface area contributed by atoms with E-state index < -0.39 is 11.5 Å². The van der Waals surface area contributed by atoms with Gasteiger partial charge in [0.2, 0.25) is 0 Å². The third kappa shape index (κ3) is 3.00. The Labute approximate surface area is 119 Å². The van der Waals surface area contributed by atoms with Gasteiger partial charge in [-0.25, -0.2) is 4.79 Å². The number of hydrogen-bond acceptors (Lipinski definition) is 2. The van der Waals surface area contributed by atoms with Gasteiger partial charge in [-0.05, 0) is 50.7 Å². The van der Waals surface area contributed by atoms with E-state index in [1.54, 1.807) is 12.1 Å². The topological polar surface area (TPSA) is 66.4 Å². The van der Waals surface area contributed by atoms with Crippen LogP contribution in [-0.4, -0.2) is 22.5 Å². The van der Waals surface area contributed by atoms with Gasteiger partial charge in [0, 0.05) is 5.56 Å². The molecule has 1 aliphatic rings. The summed E-state index contributed by atoms with van der Waals surface area (Å²) in [6, 6.07) is 7.16. The van der Waals surface area contributed by atoms with Gasteiger partial charge in [-0.3, -0.25) is 4.79 Å². The number of carbonyl (C=O) groups is 2. The molecule has 0 aliphatic heterocycles. The fourth-order valence-corrected chi connectivity index (χ4v) is 2.64. The van der Waals surface area contributed by atoms with Crippen molar-refractivity contribution in [3.8, 4) is 0 Å². The maximum atomic E-state index is 12.2. The van der Waals surface area contributed by atoms with Crippen LogP contribution in [0.2, 0.25) is 0 Å². The third-order valence-electron chi connectivity index (χ3n) is 4.20. The lowest BCUT2D eigenvalue weighted by Crippen LogP contribution is -2.56. The van der Waals surface area contributed by atoms with E-state index in [2.05, 4.69) is 12.2 Å². The summed E-state index contributed by atoms with van der Waals surface area (Å²) in [5.74, 6) is -0.703. The number of carboxylic acids is 1. The van der Waals surface area contributed by atoms with Gasteiger partial charge in [0.25, 0.3) is 5.91 Å². The summed E-state index contributed by atoms with van der Waals surface area (Å²) in [6.07, 6.45) is 2.67. The second kappa shape index (κ2) is 5.65. The molecule has 1 aromatic carbocycles. The normalized spacial score (nSPS) is 26.0. The number of carbonyl (C=O) groups excluding carboxylic acids is 1. The number of aliphatic carboxylic acids is 1. The molecule has 108 valence electrons. The zero-order valence-corrected chi connectivity index (χ0v) is 12.0. The largest absolute Gasteiger partial charge is 0.480 e. The molecular weight excluding hydrogens is 254 g/mol. The Balaban J connectivity index is 2.14. The lowest BCUT2D eigenvalue weighted by molar-refractivity contribution is -0.146. The molecule has 2 rings (SSSR count). The first-order chi connectivity index (χ1) is 9.43. The predicted octanol–water partition coefficient (Wildman–Crippen LogP) is 2.76. The van der Waals surface area contributed by atoms with Crippen molar-refractivity contribution in [2.45, 2.75) is 45.1 Å². The lowest BCUT2D eigenvalue weighted by atomic mass is 9.77. The smallest absolute Gasteiger partial charge is 0.329 e. The highest BCUT2D eigenvalue weighted by Gasteiger charge is 2.42. The summed E-state index contributed by atoms with van der Waals surface area (Å²) in [4.78, 5) is 23.8. The Kier molecular flexibility index (Phi) is 4.12. The molecule has 1 saturated carbocycles. The molecule has 0 heterocycles. The van der Waals surface area contributed by atoms with Gasteiger partial charge in [0.05, 0.1) is 0 Å². The van der Waals surface area contributed by atoms with Crippen LogP contribution < -0.4 is 5.32 Å². The number of nitrogens with one attached hydrogen (secondary N) is 1. The van der Waals surface area contributed by atoms with Crippen LogP contribution in [0.3, 0.4) is 0 Å². The standard InChI is InChI=1S/C16H21NO3/c1-11-3-5-13(6-4-11)14(18)17-16(15(19)20)9-7-12(2)8-10-16/h3-6,12H,7-10H2,1-2H3,(H,17,18)(H,19,20). The molecule has 4 heteroatoms. The molecule has 4 nitrogen and oxygen atoms in total. The van der Waals surface area contributed by atoms with E-state index in [0.29, 0.717) is 24.3 Å². The van der Waals surface area contributed by atoms with Gasteiger partial charge >= 0.3 is 5.97 Å². The first kappa shape index (κ1) is 14.6. The van der Waals surface area contributed by atoms with Crippen LogP contribution in [0.25, 0.3) is 0 Å². The summed E-state index contributed by atoms with van der Waals surface area (Å²) < 4.78 is 0. The summed E-state index contributed by atoms with van der Waals surface area (Å²) in [6.45, 7) is 4.07. The van der Waals surface area contributed by atoms with E-state index >= 15 is 0 Å². The summed E-state index contributed by atoms with van der Waals surface area (Å²) >= 11 is 0. The average Bonchev–Trinajstić information content (AvgIpc) is 2.42. The fraction of sp³-hybridized carbons (Fsp3) is 0.500. The number of hydrogen-bond donors (Lipinski definition) is 2. The molecule has 0 aromatic heterocycles. The van der Waals surface area contributed by atoms with Crippen LogP contribution >= 0.6 is 0 Å². The fourth-order valence-electron chi connectivity index (χ4n) is 2.64. The van der Waals surface area contributed by atoms with Crippen LogP contribution in [0.15, 0.2) is 24.3 Å². The number of carboxylic acid groups (broad SMARTS) is 1. The maximum Gasteiger partial charge on any atom is 0.329 e. The number of aryl methyl sites for hydroxylation is 1. The SMILES string of the molecule is Cc1ccc(C(=O)NC2(C(=O)O)CCC(C)CC2)cc1. The zero-order valence-electron chi connectivity index (χ0n) is 12.0. The second-order valence-corrected chi connectivity index (χ2v) is 5.89. The summed E-state index contributed by atoms with van der Waals surface area (Å²) in [5.41, 5.74) is 0.477. The van der Waals surface area contributed by atoms with E-state index in [1.807, 2.05) is 19.1 Å². The van der Waals surface area contributed by atoms with Crippen LogP contribution in [0.5, 0.6) is 0 Å². The van der Waals surface area contributed by atoms with E-state index in [1.165, 1.54) is 0 Å². The molecule has 1 aromatic rings. The van der Waals surface area contributed by atoms with Gasteiger partial charge in [0.15, 0.2) is 0 Å². The minimum Gasteiger partial charge on any atom is -0.480 e. The zero-order chi connectivity index (χ0) is 14.8. The Morgan fingerprint density at radius 3 is 2.25 bits per heavy atom. The van der Waals surface area contributed by atoms with Crippen LogP contribution in [0.1, 0.15) is 48.5 Å². The summed E-state index contributed by atoms with van der Waals surface area (Å²) in [5, 5.41) is 12.2. The third-order valence-corrected chi connectivity index (χ3v) is 4.20. The molecule has 0 saturated heterocycles. The van der Waals surface area contributed by atoms with Crippen molar-refractivity contribution in [1.82, 2.24) is 5.32 Å². The molecule has 1 amide bonds. The molecule has 0 radical (unpaired) electrons. The van der Waals surface area contributed by atoms with Crippen molar-refractivity contribution in [3.63, 3.8) is 0 Å². The highest BCUT2D eigenvalue weighted by atomic mass is 16.4. The summed E-state index contributed by atoms with van der Waals surface area (Å²) in [7, 11) is 0. The van der Waals surface area contributed by atoms with E-state index in [9.17, 15) is 14.7 Å². The van der Waals surface area contributed by atoms with E-state index in [0.717, 1.165) is 18.4 Å². The Morgan fingerprint density at radius 2 is 1.75 bits per heavy atom. The van der Waals surface area contributed by atoms with Gasteiger partial charge in [-0.2, -0.15) is 0 Å². The Morgan fingerprint density at radius 1 is 1.20 bits per heavy atom. The molecule has 1 aliphatic carbocycles. The molecule has 0 unspecified atom stereocenters.